The average molecular weight is 352 g/mol. The average Bonchev–Trinajstić information content (AvgIpc) is 2.90. The lowest BCUT2D eigenvalue weighted by atomic mass is 9.96. The van der Waals surface area contributed by atoms with E-state index < -0.39 is 0 Å². The number of hydrogen-bond acceptors (Lipinski definition) is 3. The summed E-state index contributed by atoms with van der Waals surface area (Å²) in [7, 11) is 0. The zero-order valence-electron chi connectivity index (χ0n) is 14.7. The smallest absolute Gasteiger partial charge is 0.410 e. The molecule has 134 valence electrons. The van der Waals surface area contributed by atoms with Crippen molar-refractivity contribution in [3.63, 3.8) is 0 Å². The second kappa shape index (κ2) is 6.90. The van der Waals surface area contributed by atoms with Crippen LogP contribution in [0.2, 0.25) is 0 Å². The fraction of sp³-hybridized carbons (Fsp3) is 0.333. The molecule has 1 aromatic heterocycles. The lowest BCUT2D eigenvalue weighted by Crippen LogP contribution is -2.43. The van der Waals surface area contributed by atoms with E-state index >= 15 is 0 Å². The fourth-order valence-corrected chi connectivity index (χ4v) is 3.96. The normalized spacial score (nSPS) is 21.5. The zero-order chi connectivity index (χ0) is 18.1. The maximum Gasteiger partial charge on any atom is 0.410 e. The Kier molecular flexibility index (Phi) is 4.45. The van der Waals surface area contributed by atoms with Gasteiger partial charge in [0.2, 0.25) is 0 Å². The van der Waals surface area contributed by atoms with Crippen molar-refractivity contribution in [1.29, 1.82) is 0 Å². The van der Waals surface area contributed by atoms with Crippen LogP contribution in [0.5, 0.6) is 0 Å². The molecule has 4 rings (SSSR count). The zero-order valence-corrected chi connectivity index (χ0v) is 14.7. The molecule has 5 heteroatoms. The number of rotatable bonds is 3. The number of amides is 1. The summed E-state index contributed by atoms with van der Waals surface area (Å²) < 4.78 is 18.8. The number of ether oxygens (including phenoxy) is 1. The third kappa shape index (κ3) is 3.21. The molecule has 1 saturated heterocycles. The monoisotopic (exact) mass is 352 g/mol. The van der Waals surface area contributed by atoms with Crippen LogP contribution in [0.1, 0.15) is 36.1 Å². The molecule has 3 heterocycles. The second-order valence-electron chi connectivity index (χ2n) is 6.96. The molecule has 2 aliphatic heterocycles. The Hall–Kier alpha value is -2.69. The molecule has 0 radical (unpaired) electrons. The third-order valence-electron chi connectivity index (χ3n) is 5.16. The number of hydrogen-bond donors (Lipinski definition) is 0. The molecule has 2 aliphatic rings. The first-order valence-electron chi connectivity index (χ1n) is 8.94. The van der Waals surface area contributed by atoms with Crippen molar-refractivity contribution in [2.75, 3.05) is 0 Å². The molecule has 0 saturated carbocycles. The molecular formula is C21H21FN2O2. The van der Waals surface area contributed by atoms with Gasteiger partial charge in [0.05, 0.1) is 17.9 Å². The molecule has 2 aromatic rings. The number of aryl methyl sites for hydroxylation is 1. The van der Waals surface area contributed by atoms with E-state index in [2.05, 4.69) is 11.1 Å². The Balaban J connectivity index is 1.49. The first kappa shape index (κ1) is 16.8. The van der Waals surface area contributed by atoms with Gasteiger partial charge in [0, 0.05) is 6.04 Å². The highest BCUT2D eigenvalue weighted by Gasteiger charge is 2.41. The maximum atomic E-state index is 13.3. The van der Waals surface area contributed by atoms with Crippen molar-refractivity contribution < 1.29 is 13.9 Å². The van der Waals surface area contributed by atoms with Crippen molar-refractivity contribution in [2.24, 2.45) is 0 Å². The fourth-order valence-electron chi connectivity index (χ4n) is 3.96. The molecule has 0 aliphatic carbocycles. The van der Waals surface area contributed by atoms with Gasteiger partial charge < -0.3 is 4.74 Å². The predicted molar refractivity (Wildman–Crippen MR) is 96.8 cm³/mol. The van der Waals surface area contributed by atoms with E-state index in [4.69, 9.17) is 4.74 Å². The van der Waals surface area contributed by atoms with Gasteiger partial charge in [-0.1, -0.05) is 36.4 Å². The van der Waals surface area contributed by atoms with Crippen molar-refractivity contribution in [3.8, 4) is 0 Å². The summed E-state index contributed by atoms with van der Waals surface area (Å²) in [6.45, 7) is 2.15. The summed E-state index contributed by atoms with van der Waals surface area (Å²) in [5.41, 5.74) is 3.74. The molecule has 0 spiro atoms. The number of nitrogens with zero attached hydrogens (tertiary/aromatic N) is 2. The summed E-state index contributed by atoms with van der Waals surface area (Å²) in [5, 5.41) is 0. The first-order valence-corrected chi connectivity index (χ1v) is 8.94. The van der Waals surface area contributed by atoms with E-state index in [1.807, 2.05) is 42.2 Å². The van der Waals surface area contributed by atoms with E-state index in [0.717, 1.165) is 41.7 Å². The van der Waals surface area contributed by atoms with Gasteiger partial charge >= 0.3 is 6.09 Å². The lowest BCUT2D eigenvalue weighted by Gasteiger charge is -2.33. The van der Waals surface area contributed by atoms with Crippen LogP contribution < -0.4 is 0 Å². The van der Waals surface area contributed by atoms with Crippen LogP contribution in [0.25, 0.3) is 5.57 Å². The Bertz CT molecular complexity index is 850. The van der Waals surface area contributed by atoms with Gasteiger partial charge in [0.25, 0.3) is 0 Å². The van der Waals surface area contributed by atoms with Gasteiger partial charge in [-0.25, -0.2) is 9.18 Å². The highest BCUT2D eigenvalue weighted by atomic mass is 19.1. The third-order valence-corrected chi connectivity index (χ3v) is 5.16. The molecule has 1 amide bonds. The van der Waals surface area contributed by atoms with E-state index in [-0.39, 0.29) is 30.6 Å². The maximum absolute atomic E-state index is 13.3. The Labute approximate surface area is 152 Å². The Morgan fingerprint density at radius 1 is 1.31 bits per heavy atom. The van der Waals surface area contributed by atoms with Crippen LogP contribution in [-0.4, -0.2) is 28.1 Å². The number of halogens is 1. The summed E-state index contributed by atoms with van der Waals surface area (Å²) in [5.74, 6) is -0.322. The number of pyridine rings is 1. The molecule has 4 nitrogen and oxygen atoms in total. The lowest BCUT2D eigenvalue weighted by molar-refractivity contribution is 0.0832. The van der Waals surface area contributed by atoms with Gasteiger partial charge in [0.1, 0.15) is 12.4 Å². The van der Waals surface area contributed by atoms with E-state index in [9.17, 15) is 9.18 Å². The van der Waals surface area contributed by atoms with Crippen LogP contribution >= 0.6 is 0 Å². The van der Waals surface area contributed by atoms with Crippen LogP contribution in [0.3, 0.4) is 0 Å². The highest BCUT2D eigenvalue weighted by Crippen LogP contribution is 2.39. The van der Waals surface area contributed by atoms with Crippen molar-refractivity contribution in [1.82, 2.24) is 9.88 Å². The Morgan fingerprint density at radius 2 is 2.12 bits per heavy atom. The molecule has 1 aromatic carbocycles. The first-order chi connectivity index (χ1) is 12.6. The number of aromatic nitrogens is 1. The number of carbonyl (C=O) groups is 1. The van der Waals surface area contributed by atoms with E-state index in [0.29, 0.717) is 0 Å². The van der Waals surface area contributed by atoms with Crippen LogP contribution in [0.4, 0.5) is 9.18 Å². The van der Waals surface area contributed by atoms with Crippen molar-refractivity contribution >= 4 is 11.7 Å². The van der Waals surface area contributed by atoms with Gasteiger partial charge in [-0.05, 0) is 49.0 Å². The molecular weight excluding hydrogens is 331 g/mol. The number of benzene rings is 1. The minimum atomic E-state index is -0.322. The van der Waals surface area contributed by atoms with Gasteiger partial charge in [-0.15, -0.1) is 0 Å². The predicted octanol–water partition coefficient (Wildman–Crippen LogP) is 4.49. The Morgan fingerprint density at radius 3 is 2.85 bits per heavy atom. The van der Waals surface area contributed by atoms with Gasteiger partial charge in [-0.3, -0.25) is 9.88 Å². The van der Waals surface area contributed by atoms with Crippen LogP contribution in [0, 0.1) is 12.7 Å². The molecule has 2 unspecified atom stereocenters. The van der Waals surface area contributed by atoms with Crippen molar-refractivity contribution in [3.05, 3.63) is 71.3 Å². The highest BCUT2D eigenvalue weighted by molar-refractivity contribution is 5.74. The molecule has 1 fully saturated rings. The van der Waals surface area contributed by atoms with Crippen LogP contribution in [-0.2, 0) is 11.3 Å². The topological polar surface area (TPSA) is 42.4 Å². The SMILES string of the molecule is Cc1cc(F)cnc1C1=CC2CCC(C1)N2C(=O)OCc1ccccc1. The largest absolute Gasteiger partial charge is 0.445 e. The number of carbonyl (C=O) groups excluding carboxylic acids is 1. The van der Waals surface area contributed by atoms with Gasteiger partial charge in [-0.2, -0.15) is 0 Å². The quantitative estimate of drug-likeness (QED) is 0.818. The van der Waals surface area contributed by atoms with Gasteiger partial charge in [0.15, 0.2) is 0 Å². The summed E-state index contributed by atoms with van der Waals surface area (Å²) >= 11 is 0. The second-order valence-corrected chi connectivity index (χ2v) is 6.96. The molecule has 26 heavy (non-hydrogen) atoms. The summed E-state index contributed by atoms with van der Waals surface area (Å²) in [6, 6.07) is 11.3. The summed E-state index contributed by atoms with van der Waals surface area (Å²) in [4.78, 5) is 18.7. The van der Waals surface area contributed by atoms with E-state index in [1.165, 1.54) is 12.3 Å². The molecule has 2 bridgehead atoms. The number of fused-ring (bicyclic) bond motifs is 2. The molecule has 0 N–H and O–H groups in total. The molecule has 2 atom stereocenters. The minimum Gasteiger partial charge on any atom is -0.445 e. The van der Waals surface area contributed by atoms with E-state index in [1.54, 1.807) is 0 Å². The standard InChI is InChI=1S/C21H21FN2O2/c1-14-9-17(22)12-23-20(14)16-10-18-7-8-19(11-16)24(18)21(25)26-13-15-5-3-2-4-6-15/h2-6,9-10,12,18-19H,7-8,11,13H2,1H3. The minimum absolute atomic E-state index is 0.0262. The van der Waals surface area contributed by atoms with Crippen LogP contribution in [0.15, 0.2) is 48.7 Å². The van der Waals surface area contributed by atoms with Crippen molar-refractivity contribution in [2.45, 2.75) is 44.9 Å². The summed E-state index contributed by atoms with van der Waals surface area (Å²) in [6.07, 6.45) is 5.70.